The second-order valence-corrected chi connectivity index (χ2v) is 5.01. The number of amides is 2. The van der Waals surface area contributed by atoms with Gasteiger partial charge in [-0.25, -0.2) is 9.99 Å². The molecule has 2 amide bonds. The first kappa shape index (κ1) is 14.1. The summed E-state index contributed by atoms with van der Waals surface area (Å²) in [6, 6.07) is 4.99. The number of carbonyl (C=O) groups is 3. The molecule has 3 rings (SSSR count). The molecule has 114 valence electrons. The average molecular weight is 302 g/mol. The summed E-state index contributed by atoms with van der Waals surface area (Å²) in [4.78, 5) is 42.8. The number of methoxy groups -OCH3 is 1. The largest absolute Gasteiger partial charge is 0.469 e. The fourth-order valence-corrected chi connectivity index (χ4v) is 2.43. The molecule has 1 aliphatic heterocycles. The number of aromatic amines is 1. The van der Waals surface area contributed by atoms with Gasteiger partial charge in [0.25, 0.3) is 5.91 Å². The van der Waals surface area contributed by atoms with Gasteiger partial charge in [0.1, 0.15) is 0 Å². The highest BCUT2D eigenvalue weighted by atomic mass is 16.5. The number of hydrogen-bond donors (Lipinski definition) is 2. The number of H-pyrrole nitrogens is 1. The van der Waals surface area contributed by atoms with Gasteiger partial charge in [-0.05, 0) is 18.2 Å². The normalized spacial score (nSPS) is 18.1. The van der Waals surface area contributed by atoms with Crippen LogP contribution in [-0.4, -0.2) is 46.4 Å². The number of aromatic nitrogens is 2. The molecule has 0 radical (unpaired) electrons. The van der Waals surface area contributed by atoms with Gasteiger partial charge in [0.05, 0.1) is 36.9 Å². The van der Waals surface area contributed by atoms with Crippen LogP contribution in [0.4, 0.5) is 0 Å². The minimum Gasteiger partial charge on any atom is -0.469 e. The van der Waals surface area contributed by atoms with Gasteiger partial charge in [0.2, 0.25) is 5.91 Å². The van der Waals surface area contributed by atoms with E-state index in [1.807, 2.05) is 0 Å². The standard InChI is InChI=1S/C14H14N4O4/c1-22-14(21)9-5-12(19)17-18(6-9)13(20)8-2-3-10-11(4-8)16-7-15-10/h2-4,7,9H,5-6H2,1H3,(H,15,16)(H,17,19). The highest BCUT2D eigenvalue weighted by molar-refractivity contribution is 5.99. The third kappa shape index (κ3) is 2.50. The minimum atomic E-state index is -0.654. The van der Waals surface area contributed by atoms with Crippen LogP contribution in [0.15, 0.2) is 24.5 Å². The van der Waals surface area contributed by atoms with Crippen LogP contribution in [0.2, 0.25) is 0 Å². The lowest BCUT2D eigenvalue weighted by Gasteiger charge is -2.31. The van der Waals surface area contributed by atoms with Gasteiger partial charge in [-0.3, -0.25) is 19.8 Å². The number of imidazole rings is 1. The van der Waals surface area contributed by atoms with Gasteiger partial charge in [-0.2, -0.15) is 0 Å². The number of esters is 1. The Labute approximate surface area is 125 Å². The summed E-state index contributed by atoms with van der Waals surface area (Å²) in [6.45, 7) is 0.0816. The Kier molecular flexibility index (Phi) is 3.50. The first-order valence-electron chi connectivity index (χ1n) is 6.71. The number of rotatable bonds is 2. The van der Waals surface area contributed by atoms with Gasteiger partial charge in [-0.15, -0.1) is 0 Å². The summed E-state index contributed by atoms with van der Waals surface area (Å²) in [5, 5.41) is 1.14. The Morgan fingerprint density at radius 3 is 3.00 bits per heavy atom. The summed E-state index contributed by atoms with van der Waals surface area (Å²) in [6.07, 6.45) is 1.55. The number of benzene rings is 1. The zero-order valence-electron chi connectivity index (χ0n) is 11.8. The van der Waals surface area contributed by atoms with Crippen LogP contribution in [0.1, 0.15) is 16.8 Å². The number of hydrazine groups is 1. The second-order valence-electron chi connectivity index (χ2n) is 5.01. The van der Waals surface area contributed by atoms with Crippen molar-refractivity contribution in [2.24, 2.45) is 5.92 Å². The van der Waals surface area contributed by atoms with Crippen molar-refractivity contribution >= 4 is 28.8 Å². The van der Waals surface area contributed by atoms with Crippen molar-refractivity contribution in [1.29, 1.82) is 0 Å². The van der Waals surface area contributed by atoms with E-state index in [4.69, 9.17) is 0 Å². The third-order valence-electron chi connectivity index (χ3n) is 3.54. The molecular weight excluding hydrogens is 288 g/mol. The van der Waals surface area contributed by atoms with E-state index in [2.05, 4.69) is 20.1 Å². The zero-order valence-corrected chi connectivity index (χ0v) is 11.8. The lowest BCUT2D eigenvalue weighted by atomic mass is 10.0. The van der Waals surface area contributed by atoms with Gasteiger partial charge in [-0.1, -0.05) is 0 Å². The number of nitrogens with zero attached hydrogens (tertiary/aromatic N) is 2. The SMILES string of the molecule is COC(=O)C1CC(=O)NN(C(=O)c2ccc3nc[nH]c3c2)C1. The monoisotopic (exact) mass is 302 g/mol. The van der Waals surface area contributed by atoms with E-state index < -0.39 is 23.7 Å². The molecule has 8 heteroatoms. The fraction of sp³-hybridized carbons (Fsp3) is 0.286. The molecule has 0 bridgehead atoms. The number of hydrogen-bond acceptors (Lipinski definition) is 5. The predicted octanol–water partition coefficient (Wildman–Crippen LogP) is 0.229. The number of carbonyl (C=O) groups excluding carboxylic acids is 3. The van der Waals surface area contributed by atoms with Crippen LogP contribution in [-0.2, 0) is 14.3 Å². The van der Waals surface area contributed by atoms with Crippen molar-refractivity contribution in [3.8, 4) is 0 Å². The van der Waals surface area contributed by atoms with E-state index in [0.29, 0.717) is 5.56 Å². The molecule has 1 aromatic heterocycles. The number of fused-ring (bicyclic) bond motifs is 1. The predicted molar refractivity (Wildman–Crippen MR) is 75.4 cm³/mol. The van der Waals surface area contributed by atoms with Crippen LogP contribution in [0.5, 0.6) is 0 Å². The molecule has 1 unspecified atom stereocenters. The van der Waals surface area contributed by atoms with Crippen LogP contribution < -0.4 is 5.43 Å². The number of nitrogens with one attached hydrogen (secondary N) is 2. The van der Waals surface area contributed by atoms with Crippen molar-refractivity contribution in [1.82, 2.24) is 20.4 Å². The van der Waals surface area contributed by atoms with Crippen molar-refractivity contribution in [3.63, 3.8) is 0 Å². The Hall–Kier alpha value is -2.90. The van der Waals surface area contributed by atoms with Crippen LogP contribution in [0, 0.1) is 5.92 Å². The molecule has 0 aliphatic carbocycles. The Morgan fingerprint density at radius 2 is 2.23 bits per heavy atom. The first-order chi connectivity index (χ1) is 10.6. The summed E-state index contributed by atoms with van der Waals surface area (Å²) >= 11 is 0. The molecule has 1 fully saturated rings. The van der Waals surface area contributed by atoms with Crippen LogP contribution >= 0.6 is 0 Å². The van der Waals surface area contributed by atoms with Crippen LogP contribution in [0.3, 0.4) is 0 Å². The molecule has 2 N–H and O–H groups in total. The van der Waals surface area contributed by atoms with E-state index in [1.165, 1.54) is 13.4 Å². The lowest BCUT2D eigenvalue weighted by molar-refractivity contribution is -0.151. The molecule has 2 heterocycles. The van der Waals surface area contributed by atoms with Crippen molar-refractivity contribution < 1.29 is 19.1 Å². The van der Waals surface area contributed by atoms with Crippen molar-refractivity contribution in [3.05, 3.63) is 30.1 Å². The Bertz CT molecular complexity index is 754. The molecule has 22 heavy (non-hydrogen) atoms. The highest BCUT2D eigenvalue weighted by Crippen LogP contribution is 2.17. The molecule has 2 aromatic rings. The molecule has 1 aliphatic rings. The smallest absolute Gasteiger partial charge is 0.311 e. The van der Waals surface area contributed by atoms with Gasteiger partial charge in [0.15, 0.2) is 0 Å². The summed E-state index contributed by atoms with van der Waals surface area (Å²) < 4.78 is 4.65. The Balaban J connectivity index is 1.83. The van der Waals surface area contributed by atoms with E-state index in [0.717, 1.165) is 16.0 Å². The van der Waals surface area contributed by atoms with E-state index in [-0.39, 0.29) is 13.0 Å². The zero-order chi connectivity index (χ0) is 15.7. The van der Waals surface area contributed by atoms with E-state index >= 15 is 0 Å². The van der Waals surface area contributed by atoms with Gasteiger partial charge >= 0.3 is 5.97 Å². The average Bonchev–Trinajstić information content (AvgIpc) is 3.00. The van der Waals surface area contributed by atoms with Crippen LogP contribution in [0.25, 0.3) is 11.0 Å². The molecule has 0 spiro atoms. The maximum Gasteiger partial charge on any atom is 0.311 e. The minimum absolute atomic E-state index is 0.00996. The van der Waals surface area contributed by atoms with E-state index in [1.54, 1.807) is 18.2 Å². The molecule has 1 aromatic carbocycles. The molecular formula is C14H14N4O4. The summed E-state index contributed by atoms with van der Waals surface area (Å²) in [7, 11) is 1.26. The first-order valence-corrected chi connectivity index (χ1v) is 6.71. The topological polar surface area (TPSA) is 104 Å². The van der Waals surface area contributed by atoms with E-state index in [9.17, 15) is 14.4 Å². The second kappa shape index (κ2) is 5.47. The van der Waals surface area contributed by atoms with Crippen molar-refractivity contribution in [2.45, 2.75) is 6.42 Å². The number of ether oxygens (including phenoxy) is 1. The summed E-state index contributed by atoms with van der Waals surface area (Å²) in [5.41, 5.74) is 4.33. The quantitative estimate of drug-likeness (QED) is 0.773. The summed E-state index contributed by atoms with van der Waals surface area (Å²) in [5.74, 6) is -1.94. The van der Waals surface area contributed by atoms with Gasteiger partial charge < -0.3 is 9.72 Å². The molecule has 1 saturated heterocycles. The van der Waals surface area contributed by atoms with Gasteiger partial charge in [0, 0.05) is 12.0 Å². The lowest BCUT2D eigenvalue weighted by Crippen LogP contribution is -2.54. The molecule has 0 saturated carbocycles. The van der Waals surface area contributed by atoms with Crippen molar-refractivity contribution in [2.75, 3.05) is 13.7 Å². The maximum atomic E-state index is 12.5. The molecule has 8 nitrogen and oxygen atoms in total. The third-order valence-corrected chi connectivity index (χ3v) is 3.54. The Morgan fingerprint density at radius 1 is 1.41 bits per heavy atom. The molecule has 1 atom stereocenters. The fourth-order valence-electron chi connectivity index (χ4n) is 2.43. The highest BCUT2D eigenvalue weighted by Gasteiger charge is 2.33. The maximum absolute atomic E-state index is 12.5.